The molecule has 2 atom stereocenters. The second kappa shape index (κ2) is 6.88. The van der Waals surface area contributed by atoms with Crippen LogP contribution in [0.5, 0.6) is 0 Å². The highest BCUT2D eigenvalue weighted by Gasteiger charge is 2.26. The Hall–Kier alpha value is -1.59. The lowest BCUT2D eigenvalue weighted by molar-refractivity contribution is -0.142. The normalized spacial score (nSPS) is 13.9. The maximum Gasteiger partial charge on any atom is 0.326 e. The van der Waals surface area contributed by atoms with Crippen LogP contribution in [0.3, 0.4) is 0 Å². The van der Waals surface area contributed by atoms with Crippen molar-refractivity contribution in [2.75, 3.05) is 0 Å². The molecule has 0 aliphatic heterocycles. The van der Waals surface area contributed by atoms with Crippen molar-refractivity contribution < 1.29 is 19.5 Å². The van der Waals surface area contributed by atoms with E-state index in [0.29, 0.717) is 6.42 Å². The molecule has 0 saturated heterocycles. The predicted octanol–water partition coefficient (Wildman–Crippen LogP) is 0.127. The van der Waals surface area contributed by atoms with Crippen LogP contribution in [-0.2, 0) is 14.4 Å². The van der Waals surface area contributed by atoms with Crippen LogP contribution in [0.2, 0.25) is 0 Å². The standard InChI is InChI=1S/C11H20N2O4/c1-5-8(11(16)17)13-10(15)9(6(2)3)12-7(4)14/h6,8-9H,5H2,1-4H3,(H,12,14)(H,13,15)(H,16,17)/t8-,9?/m1/s1. The number of amides is 2. The number of carbonyl (C=O) groups excluding carboxylic acids is 2. The van der Waals surface area contributed by atoms with Gasteiger partial charge in [-0.25, -0.2) is 4.79 Å². The van der Waals surface area contributed by atoms with E-state index in [-0.39, 0.29) is 11.8 Å². The van der Waals surface area contributed by atoms with Gasteiger partial charge in [0.2, 0.25) is 11.8 Å². The Bertz CT molecular complexity index is 302. The van der Waals surface area contributed by atoms with Crippen LogP contribution in [0, 0.1) is 5.92 Å². The molecule has 0 fully saturated rings. The first kappa shape index (κ1) is 15.4. The number of carbonyl (C=O) groups is 3. The molecule has 2 amide bonds. The molecular weight excluding hydrogens is 224 g/mol. The van der Waals surface area contributed by atoms with Gasteiger partial charge in [0.15, 0.2) is 0 Å². The van der Waals surface area contributed by atoms with Gasteiger partial charge in [-0.15, -0.1) is 0 Å². The third kappa shape index (κ3) is 5.33. The molecule has 6 heteroatoms. The fourth-order valence-corrected chi connectivity index (χ4v) is 1.35. The Morgan fingerprint density at radius 1 is 1.18 bits per heavy atom. The van der Waals surface area contributed by atoms with Crippen LogP contribution < -0.4 is 10.6 Å². The van der Waals surface area contributed by atoms with Crippen LogP contribution in [0.25, 0.3) is 0 Å². The summed E-state index contributed by atoms with van der Waals surface area (Å²) in [5.74, 6) is -1.97. The van der Waals surface area contributed by atoms with Crippen molar-refractivity contribution >= 4 is 17.8 Å². The second-order valence-electron chi connectivity index (χ2n) is 4.23. The fourth-order valence-electron chi connectivity index (χ4n) is 1.35. The average Bonchev–Trinajstić information content (AvgIpc) is 2.20. The number of rotatable bonds is 6. The van der Waals surface area contributed by atoms with Gasteiger partial charge in [-0.3, -0.25) is 9.59 Å². The van der Waals surface area contributed by atoms with E-state index in [2.05, 4.69) is 10.6 Å². The molecule has 1 unspecified atom stereocenters. The highest BCUT2D eigenvalue weighted by Crippen LogP contribution is 2.03. The molecule has 6 nitrogen and oxygen atoms in total. The largest absolute Gasteiger partial charge is 0.480 e. The first-order valence-electron chi connectivity index (χ1n) is 5.59. The molecule has 0 saturated carbocycles. The van der Waals surface area contributed by atoms with Crippen LogP contribution in [0.4, 0.5) is 0 Å². The Kier molecular flexibility index (Phi) is 6.23. The van der Waals surface area contributed by atoms with Crippen molar-refractivity contribution in [3.63, 3.8) is 0 Å². The number of nitrogens with one attached hydrogen (secondary N) is 2. The molecule has 0 rings (SSSR count). The lowest BCUT2D eigenvalue weighted by atomic mass is 10.0. The number of carboxylic acid groups (broad SMARTS) is 1. The van der Waals surface area contributed by atoms with Gasteiger partial charge in [0.25, 0.3) is 0 Å². The summed E-state index contributed by atoms with van der Waals surface area (Å²) in [5.41, 5.74) is 0. The average molecular weight is 244 g/mol. The molecule has 98 valence electrons. The van der Waals surface area contributed by atoms with E-state index < -0.39 is 24.0 Å². The number of hydrogen-bond donors (Lipinski definition) is 3. The first-order valence-corrected chi connectivity index (χ1v) is 5.59. The minimum atomic E-state index is -1.08. The number of carboxylic acids is 1. The molecule has 0 aliphatic carbocycles. The molecule has 0 heterocycles. The molecule has 17 heavy (non-hydrogen) atoms. The van der Waals surface area contributed by atoms with E-state index in [1.54, 1.807) is 20.8 Å². The van der Waals surface area contributed by atoms with Gasteiger partial charge < -0.3 is 15.7 Å². The minimum absolute atomic E-state index is 0.106. The van der Waals surface area contributed by atoms with E-state index in [9.17, 15) is 14.4 Å². The molecular formula is C11H20N2O4. The molecule has 0 bridgehead atoms. The van der Waals surface area contributed by atoms with Gasteiger partial charge in [-0.2, -0.15) is 0 Å². The Morgan fingerprint density at radius 3 is 2.00 bits per heavy atom. The maximum absolute atomic E-state index is 11.8. The van der Waals surface area contributed by atoms with Crippen LogP contribution in [-0.4, -0.2) is 35.0 Å². The SMILES string of the molecule is CC[C@@H](NC(=O)C(NC(C)=O)C(C)C)C(=O)O. The Labute approximate surface area is 101 Å². The third-order valence-corrected chi connectivity index (χ3v) is 2.33. The first-order chi connectivity index (χ1) is 7.79. The molecule has 0 radical (unpaired) electrons. The molecule has 0 spiro atoms. The lowest BCUT2D eigenvalue weighted by Crippen LogP contribution is -2.53. The third-order valence-electron chi connectivity index (χ3n) is 2.33. The summed E-state index contributed by atoms with van der Waals surface area (Å²) in [6, 6.07) is -1.63. The van der Waals surface area contributed by atoms with E-state index in [1.165, 1.54) is 6.92 Å². The summed E-state index contributed by atoms with van der Waals surface area (Å²) >= 11 is 0. The van der Waals surface area contributed by atoms with Gasteiger partial charge in [-0.05, 0) is 12.3 Å². The predicted molar refractivity (Wildman–Crippen MR) is 62.3 cm³/mol. The van der Waals surface area contributed by atoms with Gasteiger partial charge >= 0.3 is 5.97 Å². The second-order valence-corrected chi connectivity index (χ2v) is 4.23. The topological polar surface area (TPSA) is 95.5 Å². The summed E-state index contributed by atoms with van der Waals surface area (Å²) < 4.78 is 0. The lowest BCUT2D eigenvalue weighted by Gasteiger charge is -2.22. The molecule has 3 N–H and O–H groups in total. The van der Waals surface area contributed by atoms with E-state index >= 15 is 0 Å². The summed E-state index contributed by atoms with van der Waals surface area (Å²) in [4.78, 5) is 33.5. The zero-order chi connectivity index (χ0) is 13.6. The van der Waals surface area contributed by atoms with Crippen molar-refractivity contribution in [1.82, 2.24) is 10.6 Å². The van der Waals surface area contributed by atoms with E-state index in [0.717, 1.165) is 0 Å². The quantitative estimate of drug-likeness (QED) is 0.618. The highest BCUT2D eigenvalue weighted by molar-refractivity contribution is 5.90. The van der Waals surface area contributed by atoms with Crippen LogP contribution in [0.1, 0.15) is 34.1 Å². The summed E-state index contributed by atoms with van der Waals surface area (Å²) in [6.45, 7) is 6.54. The summed E-state index contributed by atoms with van der Waals surface area (Å²) in [7, 11) is 0. The summed E-state index contributed by atoms with van der Waals surface area (Å²) in [6.07, 6.45) is 0.298. The Balaban J connectivity index is 4.62. The van der Waals surface area contributed by atoms with Gasteiger partial charge in [0, 0.05) is 6.92 Å². The maximum atomic E-state index is 11.8. The van der Waals surface area contributed by atoms with E-state index in [4.69, 9.17) is 5.11 Å². The van der Waals surface area contributed by atoms with Crippen molar-refractivity contribution in [3.05, 3.63) is 0 Å². The molecule has 0 aromatic heterocycles. The molecule has 0 aliphatic rings. The summed E-state index contributed by atoms with van der Waals surface area (Å²) in [5, 5.41) is 13.7. The van der Waals surface area contributed by atoms with Crippen molar-refractivity contribution in [2.24, 2.45) is 5.92 Å². The zero-order valence-corrected chi connectivity index (χ0v) is 10.6. The minimum Gasteiger partial charge on any atom is -0.480 e. The number of aliphatic carboxylic acids is 1. The van der Waals surface area contributed by atoms with Crippen molar-refractivity contribution in [1.29, 1.82) is 0 Å². The highest BCUT2D eigenvalue weighted by atomic mass is 16.4. The monoisotopic (exact) mass is 244 g/mol. The van der Waals surface area contributed by atoms with Crippen LogP contribution in [0.15, 0.2) is 0 Å². The van der Waals surface area contributed by atoms with Crippen molar-refractivity contribution in [3.8, 4) is 0 Å². The van der Waals surface area contributed by atoms with Crippen molar-refractivity contribution in [2.45, 2.75) is 46.2 Å². The smallest absolute Gasteiger partial charge is 0.326 e. The number of hydrogen-bond acceptors (Lipinski definition) is 3. The van der Waals surface area contributed by atoms with Gasteiger partial charge in [0.05, 0.1) is 0 Å². The van der Waals surface area contributed by atoms with Gasteiger partial charge in [-0.1, -0.05) is 20.8 Å². The molecule has 0 aromatic rings. The van der Waals surface area contributed by atoms with Gasteiger partial charge in [0.1, 0.15) is 12.1 Å². The fraction of sp³-hybridized carbons (Fsp3) is 0.727. The van der Waals surface area contributed by atoms with E-state index in [1.807, 2.05) is 0 Å². The zero-order valence-electron chi connectivity index (χ0n) is 10.6. The molecule has 0 aromatic carbocycles. The Morgan fingerprint density at radius 2 is 1.71 bits per heavy atom. The van der Waals surface area contributed by atoms with Crippen LogP contribution >= 0.6 is 0 Å².